The van der Waals surface area contributed by atoms with Crippen molar-refractivity contribution in [3.63, 3.8) is 0 Å². The monoisotopic (exact) mass is 277 g/mol. The normalized spacial score (nSPS) is 18.6. The number of nitrogens with one attached hydrogen (secondary N) is 1. The van der Waals surface area contributed by atoms with Crippen LogP contribution in [0.25, 0.3) is 0 Å². The largest absolute Gasteiger partial charge is 0.312 e. The molecular weight excluding hydrogens is 246 g/mol. The van der Waals surface area contributed by atoms with E-state index in [1.54, 1.807) is 0 Å². The third-order valence-corrected chi connectivity index (χ3v) is 4.21. The summed E-state index contributed by atoms with van der Waals surface area (Å²) in [6.07, 6.45) is 9.87. The van der Waals surface area contributed by atoms with Crippen LogP contribution in [0.3, 0.4) is 0 Å². The van der Waals surface area contributed by atoms with E-state index in [2.05, 4.69) is 50.0 Å². The first-order chi connectivity index (χ1) is 9.44. The molecule has 1 aliphatic carbocycles. The molecule has 0 aliphatic heterocycles. The first-order valence-corrected chi connectivity index (χ1v) is 8.23. The predicted octanol–water partition coefficient (Wildman–Crippen LogP) is 3.96. The second-order valence-corrected chi connectivity index (χ2v) is 7.50. The molecule has 0 radical (unpaired) electrons. The lowest BCUT2D eigenvalue weighted by molar-refractivity contribution is 0.391. The van der Waals surface area contributed by atoms with Crippen molar-refractivity contribution in [2.75, 3.05) is 6.54 Å². The number of rotatable bonds is 6. The van der Waals surface area contributed by atoms with Crippen molar-refractivity contribution in [1.29, 1.82) is 0 Å². The molecule has 1 fully saturated rings. The van der Waals surface area contributed by atoms with Gasteiger partial charge in [0.2, 0.25) is 0 Å². The molecule has 1 N–H and O–H groups in total. The summed E-state index contributed by atoms with van der Waals surface area (Å²) in [5, 5.41) is 8.35. The van der Waals surface area contributed by atoms with Crippen molar-refractivity contribution < 1.29 is 0 Å². The second-order valence-electron chi connectivity index (χ2n) is 7.50. The van der Waals surface area contributed by atoms with Crippen molar-refractivity contribution in [3.05, 3.63) is 18.0 Å². The maximum Gasteiger partial charge on any atom is 0.0627 e. The van der Waals surface area contributed by atoms with E-state index < -0.39 is 0 Å². The van der Waals surface area contributed by atoms with Crippen LogP contribution in [0.5, 0.6) is 0 Å². The van der Waals surface area contributed by atoms with Gasteiger partial charge in [0.15, 0.2) is 0 Å². The van der Waals surface area contributed by atoms with E-state index in [0.717, 1.165) is 13.0 Å². The highest BCUT2D eigenvalue weighted by Gasteiger charge is 2.18. The molecule has 1 heterocycles. The summed E-state index contributed by atoms with van der Waals surface area (Å²) >= 11 is 0. The summed E-state index contributed by atoms with van der Waals surface area (Å²) < 4.78 is 2.21. The van der Waals surface area contributed by atoms with Crippen LogP contribution in [0.4, 0.5) is 0 Å². The molecule has 114 valence electrons. The van der Waals surface area contributed by atoms with Crippen molar-refractivity contribution >= 4 is 0 Å². The van der Waals surface area contributed by atoms with Gasteiger partial charge in [-0.15, -0.1) is 0 Å². The van der Waals surface area contributed by atoms with Gasteiger partial charge in [0, 0.05) is 11.7 Å². The first kappa shape index (κ1) is 15.6. The summed E-state index contributed by atoms with van der Waals surface area (Å²) in [4.78, 5) is 0. The average molecular weight is 277 g/mol. The zero-order valence-electron chi connectivity index (χ0n) is 13.7. The van der Waals surface area contributed by atoms with E-state index in [0.29, 0.717) is 12.0 Å². The standard InChI is InChI=1S/C17H31N3/c1-14(9-11-18-17(2,3)4)13-15-10-12-20(19-15)16-7-5-6-8-16/h10,12,14,16,18H,5-9,11,13H2,1-4H3. The predicted molar refractivity (Wildman–Crippen MR) is 85.0 cm³/mol. The highest BCUT2D eigenvalue weighted by atomic mass is 15.3. The minimum absolute atomic E-state index is 0.226. The average Bonchev–Trinajstić information content (AvgIpc) is 2.96. The molecule has 0 aromatic carbocycles. The van der Waals surface area contributed by atoms with Gasteiger partial charge in [0.1, 0.15) is 0 Å². The Kier molecular flexibility index (Phi) is 5.25. The van der Waals surface area contributed by atoms with E-state index >= 15 is 0 Å². The van der Waals surface area contributed by atoms with Gasteiger partial charge in [-0.1, -0.05) is 19.8 Å². The molecule has 0 saturated heterocycles. The van der Waals surface area contributed by atoms with Gasteiger partial charge in [-0.25, -0.2) is 0 Å². The summed E-state index contributed by atoms with van der Waals surface area (Å²) in [6.45, 7) is 10.1. The van der Waals surface area contributed by atoms with Gasteiger partial charge in [-0.05, 0) is 65.0 Å². The zero-order chi connectivity index (χ0) is 14.6. The number of hydrogen-bond donors (Lipinski definition) is 1. The van der Waals surface area contributed by atoms with Crippen molar-refractivity contribution in [3.8, 4) is 0 Å². The lowest BCUT2D eigenvalue weighted by atomic mass is 10.0. The lowest BCUT2D eigenvalue weighted by Gasteiger charge is -2.21. The topological polar surface area (TPSA) is 29.9 Å². The Bertz CT molecular complexity index is 397. The molecule has 3 heteroatoms. The highest BCUT2D eigenvalue weighted by Crippen LogP contribution is 2.28. The smallest absolute Gasteiger partial charge is 0.0627 e. The van der Waals surface area contributed by atoms with Crippen molar-refractivity contribution in [2.45, 2.75) is 77.8 Å². The Morgan fingerprint density at radius 2 is 2.05 bits per heavy atom. The van der Waals surface area contributed by atoms with Crippen LogP contribution in [0.15, 0.2) is 12.3 Å². The maximum atomic E-state index is 4.79. The van der Waals surface area contributed by atoms with Crippen LogP contribution >= 0.6 is 0 Å². The molecule has 2 rings (SSSR count). The molecule has 0 bridgehead atoms. The molecule has 20 heavy (non-hydrogen) atoms. The van der Waals surface area contributed by atoms with Crippen LogP contribution in [0.1, 0.15) is 71.5 Å². The Labute approximate surface area is 124 Å². The molecule has 1 aromatic rings. The fraction of sp³-hybridized carbons (Fsp3) is 0.824. The highest BCUT2D eigenvalue weighted by molar-refractivity contribution is 5.01. The molecule has 1 unspecified atom stereocenters. The summed E-state index contributed by atoms with van der Waals surface area (Å²) in [5.41, 5.74) is 1.49. The van der Waals surface area contributed by atoms with Gasteiger partial charge >= 0.3 is 0 Å². The Balaban J connectivity index is 1.75. The van der Waals surface area contributed by atoms with Gasteiger partial charge in [-0.3, -0.25) is 4.68 Å². The molecule has 0 spiro atoms. The first-order valence-electron chi connectivity index (χ1n) is 8.23. The Morgan fingerprint density at radius 1 is 1.35 bits per heavy atom. The summed E-state index contributed by atoms with van der Waals surface area (Å²) in [6, 6.07) is 2.88. The molecule has 3 nitrogen and oxygen atoms in total. The van der Waals surface area contributed by atoms with Gasteiger partial charge < -0.3 is 5.32 Å². The Morgan fingerprint density at radius 3 is 2.70 bits per heavy atom. The minimum Gasteiger partial charge on any atom is -0.312 e. The van der Waals surface area contributed by atoms with Crippen LogP contribution in [-0.4, -0.2) is 21.9 Å². The quantitative estimate of drug-likeness (QED) is 0.853. The van der Waals surface area contributed by atoms with E-state index in [-0.39, 0.29) is 5.54 Å². The maximum absolute atomic E-state index is 4.79. The van der Waals surface area contributed by atoms with Crippen LogP contribution in [-0.2, 0) is 6.42 Å². The third kappa shape index (κ3) is 4.93. The van der Waals surface area contributed by atoms with E-state index in [1.807, 2.05) is 0 Å². The molecular formula is C17H31N3. The van der Waals surface area contributed by atoms with E-state index in [1.165, 1.54) is 37.8 Å². The van der Waals surface area contributed by atoms with E-state index in [9.17, 15) is 0 Å². The summed E-state index contributed by atoms with van der Waals surface area (Å²) in [5.74, 6) is 0.691. The second kappa shape index (κ2) is 6.75. The minimum atomic E-state index is 0.226. The van der Waals surface area contributed by atoms with Crippen molar-refractivity contribution in [2.24, 2.45) is 5.92 Å². The fourth-order valence-electron chi connectivity index (χ4n) is 3.01. The Hall–Kier alpha value is -0.830. The molecule has 1 saturated carbocycles. The van der Waals surface area contributed by atoms with Crippen LogP contribution in [0.2, 0.25) is 0 Å². The number of hydrogen-bond acceptors (Lipinski definition) is 2. The van der Waals surface area contributed by atoms with Crippen LogP contribution in [0, 0.1) is 5.92 Å². The summed E-state index contributed by atoms with van der Waals surface area (Å²) in [7, 11) is 0. The molecule has 1 aliphatic rings. The molecule has 1 aromatic heterocycles. The van der Waals surface area contributed by atoms with Crippen LogP contribution < -0.4 is 5.32 Å². The van der Waals surface area contributed by atoms with Gasteiger partial charge in [0.25, 0.3) is 0 Å². The van der Waals surface area contributed by atoms with Crippen molar-refractivity contribution in [1.82, 2.24) is 15.1 Å². The zero-order valence-corrected chi connectivity index (χ0v) is 13.7. The fourth-order valence-corrected chi connectivity index (χ4v) is 3.01. The SMILES string of the molecule is CC(CCNC(C)(C)C)Cc1ccn(C2CCCC2)n1. The number of aromatic nitrogens is 2. The van der Waals surface area contributed by atoms with E-state index in [4.69, 9.17) is 5.10 Å². The number of nitrogens with zero attached hydrogens (tertiary/aromatic N) is 2. The third-order valence-electron chi connectivity index (χ3n) is 4.21. The molecule has 0 amide bonds. The van der Waals surface area contributed by atoms with Gasteiger partial charge in [-0.2, -0.15) is 5.10 Å². The molecule has 1 atom stereocenters. The van der Waals surface area contributed by atoms with Gasteiger partial charge in [0.05, 0.1) is 11.7 Å². The lowest BCUT2D eigenvalue weighted by Crippen LogP contribution is -2.37.